The molecule has 0 radical (unpaired) electrons. The Hall–Kier alpha value is -2.49. The second kappa shape index (κ2) is 7.86. The van der Waals surface area contributed by atoms with Crippen molar-refractivity contribution < 1.29 is 14.3 Å². The third-order valence-corrected chi connectivity index (χ3v) is 4.06. The van der Waals surface area contributed by atoms with Crippen LogP contribution in [0.2, 0.25) is 0 Å². The van der Waals surface area contributed by atoms with Crippen molar-refractivity contribution >= 4 is 5.91 Å². The van der Waals surface area contributed by atoms with Crippen molar-refractivity contribution in [1.29, 1.82) is 0 Å². The highest BCUT2D eigenvalue weighted by Gasteiger charge is 2.16. The molecule has 4 nitrogen and oxygen atoms in total. The predicted molar refractivity (Wildman–Crippen MR) is 95.6 cm³/mol. The number of benzene rings is 2. The molecule has 0 aromatic heterocycles. The third-order valence-electron chi connectivity index (χ3n) is 4.06. The first-order valence-electron chi connectivity index (χ1n) is 8.06. The molecular formula is C20H25NO3. The van der Waals surface area contributed by atoms with Crippen molar-refractivity contribution in [3.63, 3.8) is 0 Å². The van der Waals surface area contributed by atoms with E-state index >= 15 is 0 Å². The number of carbonyl (C=O) groups excluding carboxylic acids is 1. The minimum Gasteiger partial charge on any atom is -0.497 e. The molecular weight excluding hydrogens is 302 g/mol. The highest BCUT2D eigenvalue weighted by molar-refractivity contribution is 5.80. The van der Waals surface area contributed by atoms with Crippen LogP contribution in [0.5, 0.6) is 11.5 Å². The van der Waals surface area contributed by atoms with Crippen molar-refractivity contribution in [2.24, 2.45) is 0 Å². The van der Waals surface area contributed by atoms with Crippen LogP contribution in [0.4, 0.5) is 0 Å². The van der Waals surface area contributed by atoms with E-state index in [9.17, 15) is 4.79 Å². The van der Waals surface area contributed by atoms with Crippen LogP contribution < -0.4 is 14.8 Å². The summed E-state index contributed by atoms with van der Waals surface area (Å²) in [5.41, 5.74) is 4.36. The van der Waals surface area contributed by atoms with Crippen LogP contribution in [-0.4, -0.2) is 19.1 Å². The molecule has 0 heterocycles. The number of rotatable bonds is 6. The molecule has 0 saturated carbocycles. The van der Waals surface area contributed by atoms with Gasteiger partial charge in [-0.25, -0.2) is 0 Å². The van der Waals surface area contributed by atoms with Crippen molar-refractivity contribution in [2.75, 3.05) is 7.11 Å². The summed E-state index contributed by atoms with van der Waals surface area (Å²) in [7, 11) is 1.63. The molecule has 1 N–H and O–H groups in total. The average Bonchev–Trinajstić information content (AvgIpc) is 2.57. The Morgan fingerprint density at radius 1 is 1.12 bits per heavy atom. The van der Waals surface area contributed by atoms with Gasteiger partial charge in [0.1, 0.15) is 11.5 Å². The van der Waals surface area contributed by atoms with Crippen molar-refractivity contribution in [1.82, 2.24) is 5.32 Å². The number of carbonyl (C=O) groups is 1. The van der Waals surface area contributed by atoms with E-state index in [1.807, 2.05) is 51.1 Å². The molecule has 2 rings (SSSR count). The van der Waals surface area contributed by atoms with Gasteiger partial charge < -0.3 is 14.8 Å². The molecule has 0 aliphatic carbocycles. The van der Waals surface area contributed by atoms with Crippen LogP contribution in [0.15, 0.2) is 36.4 Å². The first-order chi connectivity index (χ1) is 11.4. The second-order valence-electron chi connectivity index (χ2n) is 6.03. The third kappa shape index (κ3) is 4.51. The molecule has 0 spiro atoms. The maximum atomic E-state index is 12.3. The minimum atomic E-state index is -0.553. The lowest BCUT2D eigenvalue weighted by Crippen LogP contribution is -2.36. The van der Waals surface area contributed by atoms with Crippen LogP contribution in [0, 0.1) is 20.8 Å². The van der Waals surface area contributed by atoms with Gasteiger partial charge >= 0.3 is 0 Å². The monoisotopic (exact) mass is 327 g/mol. The van der Waals surface area contributed by atoms with Crippen LogP contribution in [0.3, 0.4) is 0 Å². The van der Waals surface area contributed by atoms with Gasteiger partial charge in [-0.3, -0.25) is 4.79 Å². The molecule has 1 amide bonds. The van der Waals surface area contributed by atoms with Gasteiger partial charge in [-0.15, -0.1) is 0 Å². The summed E-state index contributed by atoms with van der Waals surface area (Å²) in [6.45, 7) is 8.30. The topological polar surface area (TPSA) is 47.6 Å². The van der Waals surface area contributed by atoms with Gasteiger partial charge in [0.05, 0.1) is 7.11 Å². The first kappa shape index (κ1) is 17.9. The highest BCUT2D eigenvalue weighted by Crippen LogP contribution is 2.24. The summed E-state index contributed by atoms with van der Waals surface area (Å²) < 4.78 is 11.0. The molecule has 4 heteroatoms. The fourth-order valence-electron chi connectivity index (χ4n) is 2.44. The maximum Gasteiger partial charge on any atom is 0.261 e. The molecule has 0 fully saturated rings. The number of ether oxygens (including phenoxy) is 2. The Balaban J connectivity index is 1.94. The molecule has 24 heavy (non-hydrogen) atoms. The molecule has 0 saturated heterocycles. The van der Waals surface area contributed by atoms with E-state index in [0.29, 0.717) is 6.54 Å². The molecule has 0 bridgehead atoms. The van der Waals surface area contributed by atoms with E-state index in [4.69, 9.17) is 9.47 Å². The molecule has 128 valence electrons. The summed E-state index contributed by atoms with van der Waals surface area (Å²) in [6.07, 6.45) is -0.553. The van der Waals surface area contributed by atoms with Crippen molar-refractivity contribution in [2.45, 2.75) is 40.3 Å². The van der Waals surface area contributed by atoms with Crippen LogP contribution in [0.1, 0.15) is 29.2 Å². The van der Waals surface area contributed by atoms with E-state index in [1.165, 1.54) is 0 Å². The molecule has 1 atom stereocenters. The summed E-state index contributed by atoms with van der Waals surface area (Å²) in [6, 6.07) is 11.7. The zero-order valence-electron chi connectivity index (χ0n) is 15.0. The number of amides is 1. The average molecular weight is 327 g/mol. The molecule has 0 aliphatic heterocycles. The Bertz CT molecular complexity index is 708. The van der Waals surface area contributed by atoms with Crippen LogP contribution in [-0.2, 0) is 11.3 Å². The summed E-state index contributed by atoms with van der Waals surface area (Å²) >= 11 is 0. The Labute approximate surface area is 143 Å². The molecule has 0 unspecified atom stereocenters. The van der Waals surface area contributed by atoms with Crippen LogP contribution >= 0.6 is 0 Å². The molecule has 2 aromatic carbocycles. The second-order valence-corrected chi connectivity index (χ2v) is 6.03. The quantitative estimate of drug-likeness (QED) is 0.880. The van der Waals surface area contributed by atoms with Gasteiger partial charge in [-0.2, -0.15) is 0 Å². The summed E-state index contributed by atoms with van der Waals surface area (Å²) in [4.78, 5) is 12.3. The van der Waals surface area contributed by atoms with E-state index in [-0.39, 0.29) is 5.91 Å². The first-order valence-corrected chi connectivity index (χ1v) is 8.06. The van der Waals surface area contributed by atoms with Gasteiger partial charge in [0.25, 0.3) is 5.91 Å². The van der Waals surface area contributed by atoms with Crippen LogP contribution in [0.25, 0.3) is 0 Å². The van der Waals surface area contributed by atoms with Crippen molar-refractivity contribution in [3.05, 3.63) is 58.7 Å². The Morgan fingerprint density at radius 2 is 1.79 bits per heavy atom. The van der Waals surface area contributed by atoms with Gasteiger partial charge in [0.2, 0.25) is 0 Å². The Kier molecular flexibility index (Phi) is 5.85. The van der Waals surface area contributed by atoms with E-state index in [2.05, 4.69) is 11.4 Å². The van der Waals surface area contributed by atoms with Gasteiger partial charge in [0.15, 0.2) is 6.10 Å². The lowest BCUT2D eigenvalue weighted by molar-refractivity contribution is -0.127. The zero-order valence-corrected chi connectivity index (χ0v) is 15.0. The van der Waals surface area contributed by atoms with Gasteiger partial charge in [-0.1, -0.05) is 18.2 Å². The smallest absolute Gasteiger partial charge is 0.261 e. The standard InChI is InChI=1S/C20H25NO3/c1-13-10-14(2)15(3)19(11-13)24-16(4)20(22)21-12-17-6-8-18(23-5)9-7-17/h6-11,16H,12H2,1-5H3,(H,21,22)/t16-/m1/s1. The number of hydrogen-bond acceptors (Lipinski definition) is 3. The van der Waals surface area contributed by atoms with E-state index < -0.39 is 6.10 Å². The number of hydrogen-bond donors (Lipinski definition) is 1. The Morgan fingerprint density at radius 3 is 2.42 bits per heavy atom. The normalized spacial score (nSPS) is 11.7. The fraction of sp³-hybridized carbons (Fsp3) is 0.350. The lowest BCUT2D eigenvalue weighted by atomic mass is 10.1. The summed E-state index contributed by atoms with van der Waals surface area (Å²) in [5, 5.41) is 2.90. The molecule has 2 aromatic rings. The highest BCUT2D eigenvalue weighted by atomic mass is 16.5. The van der Waals surface area contributed by atoms with Crippen molar-refractivity contribution in [3.8, 4) is 11.5 Å². The number of aryl methyl sites for hydroxylation is 2. The van der Waals surface area contributed by atoms with E-state index in [1.54, 1.807) is 14.0 Å². The maximum absolute atomic E-state index is 12.3. The fourth-order valence-corrected chi connectivity index (χ4v) is 2.44. The zero-order chi connectivity index (χ0) is 17.7. The SMILES string of the molecule is COc1ccc(CNC(=O)[C@@H](C)Oc2cc(C)cc(C)c2C)cc1. The van der Waals surface area contributed by atoms with Gasteiger partial charge in [0, 0.05) is 6.54 Å². The summed E-state index contributed by atoms with van der Waals surface area (Å²) in [5.74, 6) is 1.43. The largest absolute Gasteiger partial charge is 0.497 e. The molecule has 0 aliphatic rings. The lowest BCUT2D eigenvalue weighted by Gasteiger charge is -2.18. The predicted octanol–water partition coefficient (Wildman–Crippen LogP) is 3.70. The van der Waals surface area contributed by atoms with E-state index in [0.717, 1.165) is 33.8 Å². The van der Waals surface area contributed by atoms with Gasteiger partial charge in [-0.05, 0) is 68.1 Å². The number of methoxy groups -OCH3 is 1. The number of nitrogens with one attached hydrogen (secondary N) is 1. The minimum absolute atomic E-state index is 0.135.